The Balaban J connectivity index is 1.02. The predicted molar refractivity (Wildman–Crippen MR) is 272 cm³/mol. The fraction of sp³-hybridized carbons (Fsp3) is 0.0161. The van der Waals surface area contributed by atoms with Gasteiger partial charge in [-0.25, -0.2) is 15.0 Å². The summed E-state index contributed by atoms with van der Waals surface area (Å²) in [6.07, 6.45) is 0. The van der Waals surface area contributed by atoms with Gasteiger partial charge in [0.2, 0.25) is 0 Å². The van der Waals surface area contributed by atoms with Crippen molar-refractivity contribution in [2.24, 2.45) is 0 Å². The Hall–Kier alpha value is -8.73. The van der Waals surface area contributed by atoms with E-state index in [9.17, 15) is 0 Å². The second-order valence-electron chi connectivity index (χ2n) is 17.5. The van der Waals surface area contributed by atoms with Crippen molar-refractivity contribution in [1.82, 2.24) is 15.0 Å². The molecule has 0 amide bonds. The van der Waals surface area contributed by atoms with Crippen LogP contribution in [0.4, 0.5) is 17.1 Å². The Morgan fingerprint density at radius 3 is 1.55 bits per heavy atom. The third kappa shape index (κ3) is 5.24. The number of hydrogen-bond donors (Lipinski definition) is 0. The maximum atomic E-state index is 5.57. The number of aromatic nitrogens is 3. The number of nitrogens with zero attached hydrogens (tertiary/aromatic N) is 4. The highest BCUT2D eigenvalue weighted by Crippen LogP contribution is 2.64. The Kier molecular flexibility index (Phi) is 7.87. The van der Waals surface area contributed by atoms with Gasteiger partial charge in [0.1, 0.15) is 0 Å². The number of fused-ring (bicyclic) bond motifs is 15. The normalized spacial score (nSPS) is 13.2. The summed E-state index contributed by atoms with van der Waals surface area (Å²) in [7, 11) is 0. The van der Waals surface area contributed by atoms with Gasteiger partial charge in [-0.3, -0.25) is 0 Å². The summed E-state index contributed by atoms with van der Waals surface area (Å²) >= 11 is 0. The summed E-state index contributed by atoms with van der Waals surface area (Å²) in [5.41, 5.74) is 19.2. The molecule has 3 aromatic heterocycles. The zero-order chi connectivity index (χ0) is 43.3. The molecule has 66 heavy (non-hydrogen) atoms. The highest BCUT2D eigenvalue weighted by Gasteiger charge is 2.51. The Morgan fingerprint density at radius 1 is 0.333 bits per heavy atom. The largest absolute Gasteiger partial charge is 0.310 e. The van der Waals surface area contributed by atoms with Crippen LogP contribution in [0.1, 0.15) is 22.3 Å². The van der Waals surface area contributed by atoms with Crippen molar-refractivity contribution >= 4 is 60.5 Å². The Labute approximate surface area is 381 Å². The van der Waals surface area contributed by atoms with E-state index >= 15 is 0 Å². The lowest BCUT2D eigenvalue weighted by Crippen LogP contribution is -2.36. The zero-order valence-corrected chi connectivity index (χ0v) is 35.7. The van der Waals surface area contributed by atoms with E-state index in [4.69, 9.17) is 15.0 Å². The highest BCUT2D eigenvalue weighted by atomic mass is 15.2. The number of para-hydroxylation sites is 3. The smallest absolute Gasteiger partial charge is 0.0972 e. The average molecular weight is 839 g/mol. The van der Waals surface area contributed by atoms with Gasteiger partial charge in [0.25, 0.3) is 0 Å². The van der Waals surface area contributed by atoms with Crippen LogP contribution < -0.4 is 4.90 Å². The van der Waals surface area contributed by atoms with E-state index < -0.39 is 5.41 Å². The van der Waals surface area contributed by atoms with Crippen molar-refractivity contribution in [2.45, 2.75) is 5.41 Å². The molecule has 0 fully saturated rings. The summed E-state index contributed by atoms with van der Waals surface area (Å²) in [5, 5.41) is 5.53. The molecule has 1 spiro atoms. The number of pyridine rings is 3. The summed E-state index contributed by atoms with van der Waals surface area (Å²) in [6, 6.07) is 83.3. The minimum absolute atomic E-state index is 0.576. The second-order valence-corrected chi connectivity index (χ2v) is 17.5. The fourth-order valence-corrected chi connectivity index (χ4v) is 11.1. The number of anilines is 3. The lowest BCUT2D eigenvalue weighted by atomic mass is 9.64. The molecule has 0 unspecified atom stereocenters. The third-order valence-electron chi connectivity index (χ3n) is 14.0. The van der Waals surface area contributed by atoms with Gasteiger partial charge in [0.15, 0.2) is 0 Å². The first kappa shape index (κ1) is 36.7. The molecule has 1 aliphatic carbocycles. The lowest BCUT2D eigenvalue weighted by Gasteiger charge is -2.45. The van der Waals surface area contributed by atoms with Crippen molar-refractivity contribution < 1.29 is 0 Å². The molecule has 0 radical (unpaired) electrons. The number of benzene rings is 9. The van der Waals surface area contributed by atoms with Crippen molar-refractivity contribution in [3.05, 3.63) is 253 Å². The van der Waals surface area contributed by atoms with E-state index in [1.165, 1.54) is 50.1 Å². The van der Waals surface area contributed by atoms with Gasteiger partial charge >= 0.3 is 0 Å². The molecule has 2 aliphatic rings. The van der Waals surface area contributed by atoms with E-state index in [0.29, 0.717) is 0 Å². The van der Waals surface area contributed by atoms with Crippen LogP contribution in [0.15, 0.2) is 231 Å². The van der Waals surface area contributed by atoms with Crippen LogP contribution in [0, 0.1) is 0 Å². The molecule has 9 aromatic carbocycles. The van der Waals surface area contributed by atoms with E-state index in [-0.39, 0.29) is 0 Å². The van der Waals surface area contributed by atoms with Crippen LogP contribution in [0.25, 0.3) is 88.4 Å². The van der Waals surface area contributed by atoms with Crippen LogP contribution in [0.5, 0.6) is 0 Å². The van der Waals surface area contributed by atoms with Gasteiger partial charge < -0.3 is 4.90 Å². The summed E-state index contributed by atoms with van der Waals surface area (Å²) < 4.78 is 0. The van der Waals surface area contributed by atoms with Crippen LogP contribution in [-0.4, -0.2) is 15.0 Å². The monoisotopic (exact) mass is 838 g/mol. The van der Waals surface area contributed by atoms with Crippen molar-refractivity contribution in [3.8, 4) is 44.9 Å². The van der Waals surface area contributed by atoms with Gasteiger partial charge in [-0.1, -0.05) is 176 Å². The summed E-state index contributed by atoms with van der Waals surface area (Å²) in [4.78, 5) is 18.6. The van der Waals surface area contributed by atoms with Gasteiger partial charge in [0, 0.05) is 43.9 Å². The summed E-state index contributed by atoms with van der Waals surface area (Å²) in [6.45, 7) is 0. The highest BCUT2D eigenvalue weighted by molar-refractivity contribution is 6.14. The van der Waals surface area contributed by atoms with E-state index in [1.54, 1.807) is 0 Å². The van der Waals surface area contributed by atoms with Crippen LogP contribution in [-0.2, 0) is 5.41 Å². The van der Waals surface area contributed by atoms with Crippen molar-refractivity contribution in [3.63, 3.8) is 0 Å². The van der Waals surface area contributed by atoms with E-state index in [0.717, 1.165) is 77.6 Å². The molecule has 306 valence electrons. The number of rotatable bonds is 4. The molecule has 0 atom stereocenters. The maximum absolute atomic E-state index is 5.57. The van der Waals surface area contributed by atoms with Crippen molar-refractivity contribution in [1.29, 1.82) is 0 Å². The molecule has 1 aliphatic heterocycles. The molecular formula is C62H38N4. The quantitative estimate of drug-likeness (QED) is 0.166. The first-order valence-electron chi connectivity index (χ1n) is 22.6. The van der Waals surface area contributed by atoms with Crippen LogP contribution in [0.3, 0.4) is 0 Å². The molecule has 0 N–H and O–H groups in total. The van der Waals surface area contributed by atoms with Gasteiger partial charge in [-0.2, -0.15) is 0 Å². The molecule has 4 nitrogen and oxygen atoms in total. The second kappa shape index (κ2) is 14.1. The SMILES string of the molecule is c1ccc(-c2ccc3ccc4ccc(-c5ccc6c(c5)nc(-c5ccccc5)c5cc7c(cc56)C5(c6ccccc6-7)c6ccccc6N(c6ccccc6)c6ccccc65)nc4c3n2)cc1. The Bertz CT molecular complexity index is 3890. The molecule has 4 heteroatoms. The minimum Gasteiger partial charge on any atom is -0.310 e. The molecule has 4 heterocycles. The topological polar surface area (TPSA) is 41.9 Å². The third-order valence-corrected chi connectivity index (χ3v) is 14.0. The van der Waals surface area contributed by atoms with E-state index in [2.05, 4.69) is 229 Å². The lowest BCUT2D eigenvalue weighted by molar-refractivity contribution is 0.753. The predicted octanol–water partition coefficient (Wildman–Crippen LogP) is 15.6. The van der Waals surface area contributed by atoms with Crippen LogP contribution >= 0.6 is 0 Å². The molecule has 12 aromatic rings. The van der Waals surface area contributed by atoms with Gasteiger partial charge in [-0.05, 0) is 93.4 Å². The molecule has 14 rings (SSSR count). The van der Waals surface area contributed by atoms with Gasteiger partial charge in [-0.15, -0.1) is 0 Å². The van der Waals surface area contributed by atoms with Crippen molar-refractivity contribution in [2.75, 3.05) is 4.90 Å². The first-order chi connectivity index (χ1) is 32.7. The fourth-order valence-electron chi connectivity index (χ4n) is 11.1. The minimum atomic E-state index is -0.576. The molecule has 0 bridgehead atoms. The maximum Gasteiger partial charge on any atom is 0.0972 e. The number of hydrogen-bond acceptors (Lipinski definition) is 4. The average Bonchev–Trinajstić information content (AvgIpc) is 3.67. The molecule has 0 saturated heterocycles. The van der Waals surface area contributed by atoms with Gasteiger partial charge in [0.05, 0.1) is 50.4 Å². The molecular weight excluding hydrogens is 801 g/mol. The Morgan fingerprint density at radius 2 is 0.879 bits per heavy atom. The van der Waals surface area contributed by atoms with Crippen LogP contribution in [0.2, 0.25) is 0 Å². The van der Waals surface area contributed by atoms with E-state index in [1.807, 2.05) is 6.07 Å². The first-order valence-corrected chi connectivity index (χ1v) is 22.6. The summed E-state index contributed by atoms with van der Waals surface area (Å²) in [5.74, 6) is 0. The standard InChI is InChI=1S/C62H38N4/c1-4-16-39(17-5-1)54-34-31-41-28-29-42-32-35-55(64-61(42)60(41)63-54)43-30-33-46-47-38-53-48(37-49(47)59(65-56(46)36-43)40-18-6-2-7-19-40)45-22-10-11-23-50(45)62(53)51-24-12-14-26-57(51)66(44-20-8-3-9-21-44)58-27-15-13-25-52(58)62/h1-38H. The zero-order valence-electron chi connectivity index (χ0n) is 35.7. The molecule has 0 saturated carbocycles.